The summed E-state index contributed by atoms with van der Waals surface area (Å²) in [5.41, 5.74) is 0. The number of amides is 1. The van der Waals surface area contributed by atoms with Crippen LogP contribution in [-0.2, 0) is 18.4 Å². The average Bonchev–Trinajstić information content (AvgIpc) is 3.10. The van der Waals surface area contributed by atoms with Crippen LogP contribution in [0.3, 0.4) is 0 Å². The van der Waals surface area contributed by atoms with Gasteiger partial charge < -0.3 is 19.8 Å². The van der Waals surface area contributed by atoms with Crippen LogP contribution in [0.25, 0.3) is 0 Å². The fourth-order valence-electron chi connectivity index (χ4n) is 5.62. The summed E-state index contributed by atoms with van der Waals surface area (Å²) < 4.78 is 23.5. The SMILES string of the molecule is CC/C=C\C/C=C\C/C=C\C/C=C\CCCCCCC(=O)NC(COP(=O)(O)OCC[N+](C)(C)C)C(O)/C=C/CCCCCCCCCCCCCC. The van der Waals surface area contributed by atoms with Gasteiger partial charge in [-0.05, 0) is 57.8 Å². The van der Waals surface area contributed by atoms with Crippen molar-refractivity contribution >= 4 is 13.7 Å². The Labute approximate surface area is 326 Å². The van der Waals surface area contributed by atoms with Gasteiger partial charge in [0.2, 0.25) is 5.91 Å². The summed E-state index contributed by atoms with van der Waals surface area (Å²) in [5, 5.41) is 13.8. The van der Waals surface area contributed by atoms with Crippen LogP contribution in [0.4, 0.5) is 0 Å². The number of allylic oxidation sites excluding steroid dienone is 9. The minimum Gasteiger partial charge on any atom is -0.387 e. The van der Waals surface area contributed by atoms with Crippen molar-refractivity contribution in [2.45, 2.75) is 174 Å². The highest BCUT2D eigenvalue weighted by Crippen LogP contribution is 2.43. The number of hydrogen-bond donors (Lipinski definition) is 3. The van der Waals surface area contributed by atoms with Gasteiger partial charge in [0.25, 0.3) is 0 Å². The molecule has 3 atom stereocenters. The smallest absolute Gasteiger partial charge is 0.387 e. The maximum absolute atomic E-state index is 12.8. The summed E-state index contributed by atoms with van der Waals surface area (Å²) >= 11 is 0. The number of aliphatic hydroxyl groups excluding tert-OH is 1. The lowest BCUT2D eigenvalue weighted by atomic mass is 10.0. The van der Waals surface area contributed by atoms with Crippen molar-refractivity contribution in [3.05, 3.63) is 60.8 Å². The van der Waals surface area contributed by atoms with E-state index in [0.29, 0.717) is 17.4 Å². The van der Waals surface area contributed by atoms with Gasteiger partial charge in [-0.1, -0.05) is 158 Å². The van der Waals surface area contributed by atoms with E-state index in [4.69, 9.17) is 9.05 Å². The molecule has 0 heterocycles. The highest BCUT2D eigenvalue weighted by atomic mass is 31.2. The first kappa shape index (κ1) is 51.2. The monoisotopic (exact) mass is 766 g/mol. The Kier molecular flexibility index (Phi) is 34.7. The highest BCUT2D eigenvalue weighted by molar-refractivity contribution is 7.47. The number of phosphoric ester groups is 1. The van der Waals surface area contributed by atoms with Gasteiger partial charge in [-0.15, -0.1) is 0 Å². The quantitative estimate of drug-likeness (QED) is 0.0252. The Balaban J connectivity index is 4.53. The standard InChI is InChI=1S/C44H81N2O6P/c1-6-8-10-12-14-16-18-20-22-23-24-26-28-30-32-34-36-38-44(48)45-42(41-52-53(49,50)51-40-39-46(3,4)5)43(47)37-35-33-31-29-27-25-21-19-17-15-13-11-9-7-2/h8,10,14,16,20,22,24,26,35,37,42-43,47H,6-7,9,11-13,15,17-19,21,23,25,27-34,36,38-41H2,1-5H3,(H-,45,48,49,50)/p+1/b10-8-,16-14-,22-20-,26-24-,37-35+. The van der Waals surface area contributed by atoms with E-state index in [-0.39, 0.29) is 19.1 Å². The van der Waals surface area contributed by atoms with Crippen molar-refractivity contribution < 1.29 is 32.9 Å². The van der Waals surface area contributed by atoms with Gasteiger partial charge in [-0.25, -0.2) is 4.57 Å². The largest absolute Gasteiger partial charge is 0.472 e. The van der Waals surface area contributed by atoms with Crippen molar-refractivity contribution in [2.75, 3.05) is 40.9 Å². The molecule has 0 rings (SSSR count). The van der Waals surface area contributed by atoms with E-state index in [9.17, 15) is 19.4 Å². The van der Waals surface area contributed by atoms with E-state index in [1.54, 1.807) is 6.08 Å². The topological polar surface area (TPSA) is 105 Å². The molecule has 3 unspecified atom stereocenters. The molecule has 0 spiro atoms. The van der Waals surface area contributed by atoms with Crippen LogP contribution in [0.1, 0.15) is 162 Å². The molecule has 3 N–H and O–H groups in total. The maximum atomic E-state index is 12.8. The van der Waals surface area contributed by atoms with Crippen LogP contribution < -0.4 is 5.32 Å². The van der Waals surface area contributed by atoms with Gasteiger partial charge in [0, 0.05) is 6.42 Å². The molecule has 0 saturated heterocycles. The van der Waals surface area contributed by atoms with Crippen LogP contribution in [0.15, 0.2) is 60.8 Å². The molecular weight excluding hydrogens is 683 g/mol. The number of rotatable bonds is 37. The number of quaternary nitrogens is 1. The molecule has 0 bridgehead atoms. The molecule has 0 radical (unpaired) electrons. The van der Waals surface area contributed by atoms with Gasteiger partial charge in [0.15, 0.2) is 0 Å². The van der Waals surface area contributed by atoms with E-state index in [1.807, 2.05) is 27.2 Å². The van der Waals surface area contributed by atoms with Crippen molar-refractivity contribution in [1.82, 2.24) is 5.32 Å². The Morgan fingerprint density at radius 3 is 1.66 bits per heavy atom. The lowest BCUT2D eigenvalue weighted by Crippen LogP contribution is -2.45. The minimum atomic E-state index is -4.34. The summed E-state index contributed by atoms with van der Waals surface area (Å²) in [6.45, 7) is 4.66. The van der Waals surface area contributed by atoms with Crippen molar-refractivity contribution in [3.63, 3.8) is 0 Å². The third kappa shape index (κ3) is 38.3. The summed E-state index contributed by atoms with van der Waals surface area (Å²) in [6, 6.07) is -0.860. The van der Waals surface area contributed by atoms with Crippen LogP contribution in [0.2, 0.25) is 0 Å². The van der Waals surface area contributed by atoms with Crippen molar-refractivity contribution in [1.29, 1.82) is 0 Å². The number of unbranched alkanes of at least 4 members (excludes halogenated alkanes) is 16. The van der Waals surface area contributed by atoms with Crippen molar-refractivity contribution in [3.8, 4) is 0 Å². The van der Waals surface area contributed by atoms with Crippen LogP contribution in [0, 0.1) is 0 Å². The highest BCUT2D eigenvalue weighted by Gasteiger charge is 2.27. The molecule has 0 aliphatic carbocycles. The van der Waals surface area contributed by atoms with Crippen LogP contribution in [0.5, 0.6) is 0 Å². The van der Waals surface area contributed by atoms with E-state index < -0.39 is 20.0 Å². The predicted octanol–water partition coefficient (Wildman–Crippen LogP) is 11.5. The van der Waals surface area contributed by atoms with Crippen molar-refractivity contribution in [2.24, 2.45) is 0 Å². The third-order valence-corrected chi connectivity index (χ3v) is 9.98. The van der Waals surface area contributed by atoms with E-state index in [1.165, 1.54) is 64.2 Å². The Bertz CT molecular complexity index is 1050. The van der Waals surface area contributed by atoms with Crippen LogP contribution >= 0.6 is 7.82 Å². The summed E-state index contributed by atoms with van der Waals surface area (Å²) in [4.78, 5) is 23.1. The maximum Gasteiger partial charge on any atom is 0.472 e. The summed E-state index contributed by atoms with van der Waals surface area (Å²) in [7, 11) is 1.54. The number of phosphoric acid groups is 1. The zero-order chi connectivity index (χ0) is 39.3. The zero-order valence-corrected chi connectivity index (χ0v) is 35.6. The number of carbonyl (C=O) groups excluding carboxylic acids is 1. The second kappa shape index (κ2) is 35.9. The van der Waals surface area contributed by atoms with E-state index >= 15 is 0 Å². The average molecular weight is 766 g/mol. The molecular formula is C44H82N2O6P+. The molecule has 53 heavy (non-hydrogen) atoms. The molecule has 308 valence electrons. The Morgan fingerprint density at radius 2 is 1.13 bits per heavy atom. The van der Waals surface area contributed by atoms with Gasteiger partial charge in [-0.3, -0.25) is 13.8 Å². The second-order valence-corrected chi connectivity index (χ2v) is 16.8. The Morgan fingerprint density at radius 1 is 0.660 bits per heavy atom. The molecule has 1 amide bonds. The van der Waals surface area contributed by atoms with E-state index in [0.717, 1.165) is 77.0 Å². The molecule has 0 aromatic heterocycles. The lowest BCUT2D eigenvalue weighted by molar-refractivity contribution is -0.870. The number of hydrogen-bond acceptors (Lipinski definition) is 5. The first-order valence-corrected chi connectivity index (χ1v) is 22.7. The third-order valence-electron chi connectivity index (χ3n) is 8.99. The molecule has 9 heteroatoms. The van der Waals surface area contributed by atoms with Gasteiger partial charge >= 0.3 is 7.82 Å². The first-order valence-electron chi connectivity index (χ1n) is 21.2. The molecule has 8 nitrogen and oxygen atoms in total. The molecule has 0 aliphatic heterocycles. The van der Waals surface area contributed by atoms with Crippen LogP contribution in [-0.4, -0.2) is 73.4 Å². The van der Waals surface area contributed by atoms with E-state index in [2.05, 4.69) is 67.8 Å². The molecule has 0 fully saturated rings. The minimum absolute atomic E-state index is 0.0537. The number of nitrogens with one attached hydrogen (secondary N) is 1. The molecule has 0 aromatic carbocycles. The fraction of sp³-hybridized carbons (Fsp3) is 0.750. The number of likely N-dealkylation sites (N-methyl/N-ethyl adjacent to an activating group) is 1. The number of carbonyl (C=O) groups is 1. The summed E-state index contributed by atoms with van der Waals surface area (Å²) in [6.07, 6.45) is 45.7. The molecule has 0 aliphatic rings. The second-order valence-electron chi connectivity index (χ2n) is 15.3. The fourth-order valence-corrected chi connectivity index (χ4v) is 6.35. The first-order chi connectivity index (χ1) is 25.5. The van der Waals surface area contributed by atoms with Gasteiger partial charge in [-0.2, -0.15) is 0 Å². The van der Waals surface area contributed by atoms with Gasteiger partial charge in [0.1, 0.15) is 13.2 Å². The number of aliphatic hydroxyl groups is 1. The molecule has 0 aromatic rings. The zero-order valence-electron chi connectivity index (χ0n) is 34.7. The normalized spacial score (nSPS) is 15.1. The summed E-state index contributed by atoms with van der Waals surface area (Å²) in [5.74, 6) is -0.204. The predicted molar refractivity (Wildman–Crippen MR) is 226 cm³/mol. The Hall–Kier alpha value is -1.80. The number of nitrogens with zero attached hydrogens (tertiary/aromatic N) is 1. The lowest BCUT2D eigenvalue weighted by Gasteiger charge is -2.25. The van der Waals surface area contributed by atoms with Gasteiger partial charge in [0.05, 0.1) is 39.9 Å². The molecule has 0 saturated carbocycles.